The molecule has 0 spiro atoms. The third-order valence-electron chi connectivity index (χ3n) is 2.19. The van der Waals surface area contributed by atoms with Gasteiger partial charge in [0.15, 0.2) is 0 Å². The maximum atomic E-state index is 11.3. The van der Waals surface area contributed by atoms with Crippen molar-refractivity contribution in [3.8, 4) is 11.3 Å². The molecular weight excluding hydrogens is 307 g/mol. The minimum Gasteiger partial charge on any atom is -0.464 e. The molecule has 0 atom stereocenters. The Kier molecular flexibility index (Phi) is 3.49. The molecule has 0 amide bonds. The van der Waals surface area contributed by atoms with Crippen LogP contribution in [0, 0.1) is 0 Å². The van der Waals surface area contributed by atoms with Crippen LogP contribution in [0.25, 0.3) is 11.3 Å². The maximum absolute atomic E-state index is 11.3. The molecule has 88 valence electrons. The highest BCUT2D eigenvalue weighted by atomic mass is 79.9. The summed E-state index contributed by atoms with van der Waals surface area (Å²) in [6, 6.07) is 6.97. The molecule has 1 aromatic heterocycles. The highest BCUT2D eigenvalue weighted by molar-refractivity contribution is 9.10. The third kappa shape index (κ3) is 2.50. The first-order chi connectivity index (χ1) is 8.11. The quantitative estimate of drug-likeness (QED) is 0.865. The van der Waals surface area contributed by atoms with E-state index < -0.39 is 5.97 Å². The molecule has 1 heterocycles. The predicted molar refractivity (Wildman–Crippen MR) is 68.1 cm³/mol. The van der Waals surface area contributed by atoms with Gasteiger partial charge in [0.25, 0.3) is 0 Å². The number of esters is 1. The van der Waals surface area contributed by atoms with E-state index in [4.69, 9.17) is 11.6 Å². The number of ether oxygens (including phenoxy) is 1. The van der Waals surface area contributed by atoms with Gasteiger partial charge in [-0.3, -0.25) is 5.10 Å². The smallest absolute Gasteiger partial charge is 0.356 e. The Morgan fingerprint density at radius 3 is 2.88 bits per heavy atom. The number of carbonyl (C=O) groups is 1. The fraction of sp³-hybridized carbons (Fsp3) is 0.0909. The largest absolute Gasteiger partial charge is 0.464 e. The van der Waals surface area contributed by atoms with Crippen LogP contribution in [0.15, 0.2) is 28.7 Å². The van der Waals surface area contributed by atoms with E-state index in [1.165, 1.54) is 7.11 Å². The number of nitrogens with one attached hydrogen (secondary N) is 1. The predicted octanol–water partition coefficient (Wildman–Crippen LogP) is 3.28. The van der Waals surface area contributed by atoms with Crippen LogP contribution in [0.4, 0.5) is 0 Å². The van der Waals surface area contributed by atoms with Crippen molar-refractivity contribution in [2.24, 2.45) is 0 Å². The van der Waals surface area contributed by atoms with Crippen LogP contribution in [0.3, 0.4) is 0 Å². The van der Waals surface area contributed by atoms with E-state index in [1.54, 1.807) is 18.2 Å². The molecule has 0 aliphatic carbocycles. The average Bonchev–Trinajstić information content (AvgIpc) is 2.77. The van der Waals surface area contributed by atoms with Crippen molar-refractivity contribution in [1.82, 2.24) is 10.2 Å². The molecule has 1 aromatic carbocycles. The number of hydrogen-bond acceptors (Lipinski definition) is 3. The lowest BCUT2D eigenvalue weighted by atomic mass is 10.1. The van der Waals surface area contributed by atoms with Crippen LogP contribution in [0.1, 0.15) is 10.5 Å². The van der Waals surface area contributed by atoms with E-state index in [0.29, 0.717) is 16.4 Å². The molecule has 0 saturated carbocycles. The second kappa shape index (κ2) is 4.89. The lowest BCUT2D eigenvalue weighted by Gasteiger charge is -2.00. The van der Waals surface area contributed by atoms with Crippen molar-refractivity contribution in [3.63, 3.8) is 0 Å². The Morgan fingerprint density at radius 2 is 2.24 bits per heavy atom. The van der Waals surface area contributed by atoms with Crippen molar-refractivity contribution in [1.29, 1.82) is 0 Å². The number of hydrogen-bond donors (Lipinski definition) is 1. The topological polar surface area (TPSA) is 55.0 Å². The summed E-state index contributed by atoms with van der Waals surface area (Å²) < 4.78 is 5.40. The zero-order chi connectivity index (χ0) is 12.4. The molecule has 0 radical (unpaired) electrons. The normalized spacial score (nSPS) is 10.3. The second-order valence-corrected chi connectivity index (χ2v) is 4.57. The van der Waals surface area contributed by atoms with Crippen LogP contribution in [0.2, 0.25) is 5.02 Å². The lowest BCUT2D eigenvalue weighted by molar-refractivity contribution is 0.0594. The van der Waals surface area contributed by atoms with E-state index in [1.807, 2.05) is 6.07 Å². The first kappa shape index (κ1) is 12.1. The first-order valence-electron chi connectivity index (χ1n) is 4.71. The van der Waals surface area contributed by atoms with Crippen molar-refractivity contribution in [3.05, 3.63) is 39.5 Å². The molecule has 0 saturated heterocycles. The summed E-state index contributed by atoms with van der Waals surface area (Å²) >= 11 is 9.24. The number of aromatic amines is 1. The van der Waals surface area contributed by atoms with E-state index in [2.05, 4.69) is 30.9 Å². The number of benzene rings is 1. The summed E-state index contributed by atoms with van der Waals surface area (Å²) in [7, 11) is 1.32. The average molecular weight is 316 g/mol. The van der Waals surface area contributed by atoms with Crippen molar-refractivity contribution in [2.75, 3.05) is 7.11 Å². The van der Waals surface area contributed by atoms with Gasteiger partial charge in [-0.2, -0.15) is 5.10 Å². The summed E-state index contributed by atoms with van der Waals surface area (Å²) in [4.78, 5) is 11.3. The van der Waals surface area contributed by atoms with Gasteiger partial charge < -0.3 is 4.74 Å². The molecule has 0 aliphatic heterocycles. The van der Waals surface area contributed by atoms with Crippen LogP contribution >= 0.6 is 27.5 Å². The molecule has 2 rings (SSSR count). The second-order valence-electron chi connectivity index (χ2n) is 3.28. The summed E-state index contributed by atoms with van der Waals surface area (Å²) in [6.45, 7) is 0. The number of halogens is 2. The molecular formula is C11H8BrClN2O2. The fourth-order valence-electron chi connectivity index (χ4n) is 1.37. The Morgan fingerprint density at radius 1 is 1.47 bits per heavy atom. The van der Waals surface area contributed by atoms with E-state index in [0.717, 1.165) is 10.0 Å². The zero-order valence-corrected chi connectivity index (χ0v) is 11.2. The molecule has 0 unspecified atom stereocenters. The van der Waals surface area contributed by atoms with Crippen LogP contribution in [-0.2, 0) is 4.74 Å². The summed E-state index contributed by atoms with van der Waals surface area (Å²) in [5.74, 6) is -0.450. The molecule has 0 fully saturated rings. The van der Waals surface area contributed by atoms with Crippen molar-refractivity contribution in [2.45, 2.75) is 0 Å². The van der Waals surface area contributed by atoms with Gasteiger partial charge in [0.2, 0.25) is 0 Å². The standard InChI is InChI=1S/C11H8BrClN2O2/c1-17-11(16)10-5-9(14-15-10)7-3-2-6(13)4-8(7)12/h2-5H,1H3,(H,14,15). The third-order valence-corrected chi connectivity index (χ3v) is 3.08. The van der Waals surface area contributed by atoms with Gasteiger partial charge in [-0.1, -0.05) is 33.6 Å². The van der Waals surface area contributed by atoms with Gasteiger partial charge in [-0.05, 0) is 18.2 Å². The monoisotopic (exact) mass is 314 g/mol. The summed E-state index contributed by atoms with van der Waals surface area (Å²) in [6.07, 6.45) is 0. The van der Waals surface area contributed by atoms with Crippen LogP contribution in [-0.4, -0.2) is 23.3 Å². The van der Waals surface area contributed by atoms with E-state index >= 15 is 0 Å². The van der Waals surface area contributed by atoms with Gasteiger partial charge in [0.1, 0.15) is 5.69 Å². The molecule has 17 heavy (non-hydrogen) atoms. The number of aromatic nitrogens is 2. The summed E-state index contributed by atoms with van der Waals surface area (Å²) in [5.41, 5.74) is 1.80. The Hall–Kier alpha value is -1.33. The molecule has 2 aromatic rings. The van der Waals surface area contributed by atoms with Gasteiger partial charge >= 0.3 is 5.97 Å². The number of methoxy groups -OCH3 is 1. The van der Waals surface area contributed by atoms with Crippen LogP contribution < -0.4 is 0 Å². The highest BCUT2D eigenvalue weighted by Gasteiger charge is 2.12. The first-order valence-corrected chi connectivity index (χ1v) is 5.88. The van der Waals surface area contributed by atoms with Crippen molar-refractivity contribution < 1.29 is 9.53 Å². The fourth-order valence-corrected chi connectivity index (χ4v) is 2.26. The Balaban J connectivity index is 2.40. The minimum atomic E-state index is -0.450. The molecule has 0 bridgehead atoms. The molecule has 1 N–H and O–H groups in total. The molecule has 0 aliphatic rings. The van der Waals surface area contributed by atoms with E-state index in [9.17, 15) is 4.79 Å². The SMILES string of the molecule is COC(=O)c1cc(-c2ccc(Cl)cc2Br)n[nH]1. The van der Waals surface area contributed by atoms with Gasteiger partial charge in [-0.25, -0.2) is 4.79 Å². The van der Waals surface area contributed by atoms with Crippen LogP contribution in [0.5, 0.6) is 0 Å². The van der Waals surface area contributed by atoms with Crippen molar-refractivity contribution >= 4 is 33.5 Å². The molecule has 4 nitrogen and oxygen atoms in total. The van der Waals surface area contributed by atoms with Gasteiger partial charge in [0, 0.05) is 15.1 Å². The lowest BCUT2D eigenvalue weighted by Crippen LogP contribution is -2.00. The number of nitrogens with zero attached hydrogens (tertiary/aromatic N) is 1. The molecule has 6 heteroatoms. The number of rotatable bonds is 2. The highest BCUT2D eigenvalue weighted by Crippen LogP contribution is 2.29. The van der Waals surface area contributed by atoms with E-state index in [-0.39, 0.29) is 0 Å². The summed E-state index contributed by atoms with van der Waals surface area (Å²) in [5, 5.41) is 7.29. The minimum absolute atomic E-state index is 0.310. The Labute approximate surface area is 111 Å². The Bertz CT molecular complexity index is 568. The maximum Gasteiger partial charge on any atom is 0.356 e. The van der Waals surface area contributed by atoms with Gasteiger partial charge in [-0.15, -0.1) is 0 Å². The van der Waals surface area contributed by atoms with Gasteiger partial charge in [0.05, 0.1) is 12.8 Å². The number of carbonyl (C=O) groups excluding carboxylic acids is 1. The number of H-pyrrole nitrogens is 1. The zero-order valence-electron chi connectivity index (χ0n) is 8.83.